The Bertz CT molecular complexity index is 769. The normalized spacial score (nSPS) is 19.6. The number of ether oxygens (including phenoxy) is 1. The van der Waals surface area contributed by atoms with Crippen LogP contribution in [0.4, 0.5) is 4.39 Å². The number of esters is 1. The van der Waals surface area contributed by atoms with Gasteiger partial charge in [0, 0.05) is 0 Å². The molecule has 0 aromatic heterocycles. The van der Waals surface area contributed by atoms with Crippen molar-refractivity contribution in [2.24, 2.45) is 5.92 Å². The Morgan fingerprint density at radius 1 is 1.04 bits per heavy atom. The SMILES string of the molecule is CCCC/C=C/[C@H]1CC[C@H](c2ccc(C(=O)Oc3ccc(F)cc3)cc2)CC1. The van der Waals surface area contributed by atoms with E-state index in [-0.39, 0.29) is 5.82 Å². The molecule has 28 heavy (non-hydrogen) atoms. The highest BCUT2D eigenvalue weighted by Crippen LogP contribution is 2.36. The molecule has 3 rings (SSSR count). The number of benzene rings is 2. The van der Waals surface area contributed by atoms with Crippen molar-refractivity contribution in [3.05, 3.63) is 77.6 Å². The van der Waals surface area contributed by atoms with Gasteiger partial charge in [-0.3, -0.25) is 0 Å². The van der Waals surface area contributed by atoms with Gasteiger partial charge in [0.15, 0.2) is 0 Å². The molecule has 2 nitrogen and oxygen atoms in total. The molecule has 1 aliphatic rings. The maximum absolute atomic E-state index is 12.9. The van der Waals surface area contributed by atoms with Gasteiger partial charge in [-0.15, -0.1) is 0 Å². The first-order valence-corrected chi connectivity index (χ1v) is 10.4. The van der Waals surface area contributed by atoms with Crippen molar-refractivity contribution in [3.63, 3.8) is 0 Å². The van der Waals surface area contributed by atoms with Gasteiger partial charge in [-0.25, -0.2) is 9.18 Å². The summed E-state index contributed by atoms with van der Waals surface area (Å²) in [5.74, 6) is 0.871. The number of hydrogen-bond donors (Lipinski definition) is 0. The lowest BCUT2D eigenvalue weighted by atomic mass is 9.78. The zero-order valence-corrected chi connectivity index (χ0v) is 16.6. The highest BCUT2D eigenvalue weighted by Gasteiger charge is 2.21. The average molecular weight is 381 g/mol. The first kappa shape index (κ1) is 20.3. The van der Waals surface area contributed by atoms with Gasteiger partial charge in [-0.2, -0.15) is 0 Å². The zero-order valence-electron chi connectivity index (χ0n) is 16.6. The fourth-order valence-electron chi connectivity index (χ4n) is 3.82. The van der Waals surface area contributed by atoms with E-state index in [0.717, 1.165) is 5.92 Å². The van der Waals surface area contributed by atoms with Gasteiger partial charge >= 0.3 is 5.97 Å². The summed E-state index contributed by atoms with van der Waals surface area (Å²) < 4.78 is 18.2. The molecule has 1 saturated carbocycles. The fraction of sp³-hybridized carbons (Fsp3) is 0.400. The first-order chi connectivity index (χ1) is 13.7. The van der Waals surface area contributed by atoms with Crippen LogP contribution in [-0.2, 0) is 0 Å². The van der Waals surface area contributed by atoms with Crippen LogP contribution in [0, 0.1) is 11.7 Å². The summed E-state index contributed by atoms with van der Waals surface area (Å²) in [7, 11) is 0. The van der Waals surface area contributed by atoms with Crippen LogP contribution < -0.4 is 4.74 Å². The van der Waals surface area contributed by atoms with Gasteiger partial charge < -0.3 is 4.74 Å². The van der Waals surface area contributed by atoms with E-state index in [1.807, 2.05) is 24.3 Å². The van der Waals surface area contributed by atoms with Crippen molar-refractivity contribution in [2.45, 2.75) is 57.8 Å². The molecule has 2 aromatic carbocycles. The Hall–Kier alpha value is -2.42. The number of hydrogen-bond acceptors (Lipinski definition) is 2. The van der Waals surface area contributed by atoms with Crippen LogP contribution in [0.5, 0.6) is 5.75 Å². The smallest absolute Gasteiger partial charge is 0.343 e. The summed E-state index contributed by atoms with van der Waals surface area (Å²) in [4.78, 5) is 12.3. The second-order valence-corrected chi connectivity index (χ2v) is 7.65. The van der Waals surface area contributed by atoms with E-state index < -0.39 is 5.97 Å². The molecule has 1 aliphatic carbocycles. The molecule has 0 amide bonds. The molecule has 1 fully saturated rings. The van der Waals surface area contributed by atoms with Gasteiger partial charge in [0.1, 0.15) is 11.6 Å². The minimum atomic E-state index is -0.418. The second-order valence-electron chi connectivity index (χ2n) is 7.65. The maximum atomic E-state index is 12.9. The van der Waals surface area contributed by atoms with Crippen molar-refractivity contribution in [1.82, 2.24) is 0 Å². The lowest BCUT2D eigenvalue weighted by molar-refractivity contribution is 0.0734. The molecule has 0 bridgehead atoms. The van der Waals surface area contributed by atoms with Crippen LogP contribution in [0.3, 0.4) is 0 Å². The molecular weight excluding hydrogens is 351 g/mol. The molecule has 0 radical (unpaired) electrons. The Labute approximate surface area is 167 Å². The molecule has 0 aliphatic heterocycles. The van der Waals surface area contributed by atoms with Gasteiger partial charge in [0.05, 0.1) is 5.56 Å². The quantitative estimate of drug-likeness (QED) is 0.222. The van der Waals surface area contributed by atoms with E-state index in [9.17, 15) is 9.18 Å². The summed E-state index contributed by atoms with van der Waals surface area (Å²) in [6, 6.07) is 13.2. The highest BCUT2D eigenvalue weighted by atomic mass is 19.1. The van der Waals surface area contributed by atoms with Gasteiger partial charge in [0.2, 0.25) is 0 Å². The molecule has 0 N–H and O–H groups in total. The van der Waals surface area contributed by atoms with E-state index in [1.54, 1.807) is 0 Å². The van der Waals surface area contributed by atoms with Gasteiger partial charge in [-0.05, 0) is 85.9 Å². The average Bonchev–Trinajstić information content (AvgIpc) is 2.73. The summed E-state index contributed by atoms with van der Waals surface area (Å²) in [6.07, 6.45) is 13.4. The number of carbonyl (C=O) groups excluding carboxylic acids is 1. The Morgan fingerprint density at radius 2 is 1.71 bits per heavy atom. The largest absolute Gasteiger partial charge is 0.423 e. The number of unbranched alkanes of at least 4 members (excludes halogenated alkanes) is 2. The molecular formula is C25H29FO2. The third-order valence-electron chi connectivity index (χ3n) is 5.55. The molecule has 0 spiro atoms. The summed E-state index contributed by atoms with van der Waals surface area (Å²) >= 11 is 0. The van der Waals surface area contributed by atoms with Crippen molar-refractivity contribution in [1.29, 1.82) is 0 Å². The molecule has 3 heteroatoms. The summed E-state index contributed by atoms with van der Waals surface area (Å²) in [6.45, 7) is 2.23. The Morgan fingerprint density at radius 3 is 2.36 bits per heavy atom. The predicted octanol–water partition coefficient (Wildman–Crippen LogP) is 7.07. The monoisotopic (exact) mass is 380 g/mol. The first-order valence-electron chi connectivity index (χ1n) is 10.4. The topological polar surface area (TPSA) is 26.3 Å². The van der Waals surface area contributed by atoms with E-state index in [4.69, 9.17) is 4.74 Å². The molecule has 0 saturated heterocycles. The van der Waals surface area contributed by atoms with Crippen LogP contribution >= 0.6 is 0 Å². The van der Waals surface area contributed by atoms with E-state index in [1.165, 1.54) is 74.8 Å². The van der Waals surface area contributed by atoms with Crippen molar-refractivity contribution in [3.8, 4) is 5.75 Å². The van der Waals surface area contributed by atoms with E-state index in [2.05, 4.69) is 19.1 Å². The van der Waals surface area contributed by atoms with Crippen molar-refractivity contribution < 1.29 is 13.9 Å². The highest BCUT2D eigenvalue weighted by molar-refractivity contribution is 5.91. The van der Waals surface area contributed by atoms with Crippen LogP contribution in [0.1, 0.15) is 73.7 Å². The number of carbonyl (C=O) groups is 1. The third-order valence-corrected chi connectivity index (χ3v) is 5.55. The Balaban J connectivity index is 1.51. The van der Waals surface area contributed by atoms with Crippen LogP contribution in [0.25, 0.3) is 0 Å². The summed E-state index contributed by atoms with van der Waals surface area (Å²) in [5, 5.41) is 0. The maximum Gasteiger partial charge on any atom is 0.343 e. The molecule has 0 unspecified atom stereocenters. The molecule has 148 valence electrons. The Kier molecular flexibility index (Phi) is 7.41. The molecule has 2 aromatic rings. The second kappa shape index (κ2) is 10.2. The number of halogens is 1. The molecule has 0 atom stereocenters. The lowest BCUT2D eigenvalue weighted by Crippen LogP contribution is -2.12. The van der Waals surface area contributed by atoms with Crippen molar-refractivity contribution >= 4 is 5.97 Å². The third kappa shape index (κ3) is 5.79. The molecule has 0 heterocycles. The van der Waals surface area contributed by atoms with Gasteiger partial charge in [-0.1, -0.05) is 44.1 Å². The minimum Gasteiger partial charge on any atom is -0.423 e. The standard InChI is InChI=1S/C25H29FO2/c1-2-3-4-5-6-19-7-9-20(10-8-19)21-11-13-22(14-12-21)25(27)28-24-17-15-23(26)16-18-24/h5-6,11-20H,2-4,7-10H2,1H3/b6-5+/t19-,20-. The number of rotatable bonds is 7. The fourth-order valence-corrected chi connectivity index (χ4v) is 3.82. The van der Waals surface area contributed by atoms with Crippen LogP contribution in [-0.4, -0.2) is 5.97 Å². The summed E-state index contributed by atoms with van der Waals surface area (Å²) in [5.41, 5.74) is 1.81. The number of allylic oxidation sites excluding steroid dienone is 2. The van der Waals surface area contributed by atoms with Crippen molar-refractivity contribution in [2.75, 3.05) is 0 Å². The zero-order chi connectivity index (χ0) is 19.8. The predicted molar refractivity (Wildman–Crippen MR) is 111 cm³/mol. The van der Waals surface area contributed by atoms with E-state index >= 15 is 0 Å². The van der Waals surface area contributed by atoms with E-state index in [0.29, 0.717) is 17.2 Å². The minimum absolute atomic E-state index is 0.348. The lowest BCUT2D eigenvalue weighted by Gasteiger charge is -2.27. The van der Waals surface area contributed by atoms with Crippen LogP contribution in [0.2, 0.25) is 0 Å². The van der Waals surface area contributed by atoms with Gasteiger partial charge in [0.25, 0.3) is 0 Å². The van der Waals surface area contributed by atoms with Crippen LogP contribution in [0.15, 0.2) is 60.7 Å².